The summed E-state index contributed by atoms with van der Waals surface area (Å²) in [5.41, 5.74) is 4.05. The van der Waals surface area contributed by atoms with Crippen LogP contribution in [0.5, 0.6) is 0 Å². The van der Waals surface area contributed by atoms with Crippen molar-refractivity contribution in [3.05, 3.63) is 187 Å². The predicted octanol–water partition coefficient (Wildman–Crippen LogP) is 12.1. The number of carbonyl (C=O) groups is 12. The fourth-order valence-corrected chi connectivity index (χ4v) is 12.5. The Labute approximate surface area is 731 Å². The number of rotatable bonds is 36. The monoisotopic (exact) mass is 1800 g/mol. The van der Waals surface area contributed by atoms with E-state index in [9.17, 15) is 87.9 Å². The quantitative estimate of drug-likeness (QED) is 0.0104. The Morgan fingerprint density at radius 1 is 0.432 bits per heavy atom. The Bertz CT molecular complexity index is 4640. The highest BCUT2D eigenvalue weighted by Gasteiger charge is 2.48. The van der Waals surface area contributed by atoms with Crippen molar-refractivity contribution in [2.75, 3.05) is 93.7 Å². The van der Waals surface area contributed by atoms with Crippen LogP contribution in [-0.4, -0.2) is 219 Å². The van der Waals surface area contributed by atoms with Crippen LogP contribution in [0.15, 0.2) is 140 Å². The van der Waals surface area contributed by atoms with Gasteiger partial charge in [0, 0.05) is 111 Å². The first-order valence-electron chi connectivity index (χ1n) is 38.5. The van der Waals surface area contributed by atoms with Crippen LogP contribution >= 0.6 is 24.0 Å². The van der Waals surface area contributed by atoms with Crippen LogP contribution in [0.3, 0.4) is 0 Å². The molecule has 125 heavy (non-hydrogen) atoms. The number of non-ortho nitro benzene ring substituents is 3. The van der Waals surface area contributed by atoms with E-state index in [0.717, 1.165) is 14.7 Å². The summed E-state index contributed by atoms with van der Waals surface area (Å²) in [6.07, 6.45) is -4.90. The average Bonchev–Trinajstić information content (AvgIpc) is 0.754. The zero-order valence-corrected chi connectivity index (χ0v) is 74.1. The number of esters is 8. The van der Waals surface area contributed by atoms with Crippen molar-refractivity contribution >= 4 is 113 Å². The third-order valence-electron chi connectivity index (χ3n) is 17.6. The summed E-state index contributed by atoms with van der Waals surface area (Å²) in [7, 11) is 4.25. The average molecular weight is 1800 g/mol. The lowest BCUT2D eigenvalue weighted by Gasteiger charge is -2.36. The third kappa shape index (κ3) is 31.1. The lowest BCUT2D eigenvalue weighted by molar-refractivity contribution is -0.385. The SMILES string of the molecule is COCCOC(=O)C1=C(C)N(C(=O)OCCl)C(C)=C(C(=O)OC(C)C)C1c1cccc([N+](=O)[O-])c1.COCCOC(=O)C1=C(C)N(C(=O)OCOC(=O)CCCN)C(C)=C(C(=O)OC(C)C)C1c1cccc([N+](=O)[O-])c1.COCCOC(=O)C1=C(C)N(C(=O)OCOC(=O)CCCNC(=O)OC(C)(C)C)C(C)=C(C(=O)OC(C)C)C1c1cccc([N+](=O)[O-])c1.Cl. The maximum Gasteiger partial charge on any atom is 0.421 e. The van der Waals surface area contributed by atoms with Crippen molar-refractivity contribution < 1.29 is 143 Å². The molecule has 686 valence electrons. The number of halogens is 2. The molecule has 3 heterocycles. The number of hydrogen-bond donors (Lipinski definition) is 2. The molecule has 3 N–H and O–H groups in total. The van der Waals surface area contributed by atoms with Gasteiger partial charge in [-0.15, -0.1) is 12.4 Å². The first-order valence-corrected chi connectivity index (χ1v) is 39.0. The molecule has 3 aliphatic heterocycles. The molecular weight excluding hydrogens is 1700 g/mol. The van der Waals surface area contributed by atoms with E-state index in [1.807, 2.05) is 0 Å². The minimum Gasteiger partial charge on any atom is -0.460 e. The van der Waals surface area contributed by atoms with Gasteiger partial charge in [0.05, 0.1) is 104 Å². The van der Waals surface area contributed by atoms with Crippen molar-refractivity contribution in [1.29, 1.82) is 0 Å². The Kier molecular flexibility index (Phi) is 44.1. The number of ether oxygens (including phenoxy) is 15. The molecule has 4 amide bonds. The van der Waals surface area contributed by atoms with Crippen molar-refractivity contribution in [2.45, 2.75) is 171 Å². The fourth-order valence-electron chi connectivity index (χ4n) is 12.4. The molecule has 3 aromatic carbocycles. The molecule has 3 atom stereocenters. The summed E-state index contributed by atoms with van der Waals surface area (Å²) in [4.78, 5) is 191. The van der Waals surface area contributed by atoms with Crippen LogP contribution in [0.1, 0.15) is 164 Å². The van der Waals surface area contributed by atoms with Crippen LogP contribution in [0.2, 0.25) is 0 Å². The number of nitrogens with zero attached hydrogens (tertiary/aromatic N) is 6. The van der Waals surface area contributed by atoms with Gasteiger partial charge in [0.2, 0.25) is 13.6 Å². The highest BCUT2D eigenvalue weighted by Crippen LogP contribution is 2.48. The topological polar surface area (TPSA) is 520 Å². The summed E-state index contributed by atoms with van der Waals surface area (Å²) >= 11 is 5.57. The zero-order chi connectivity index (χ0) is 93.2. The molecule has 0 aromatic heterocycles. The molecule has 43 heteroatoms. The van der Waals surface area contributed by atoms with Gasteiger partial charge < -0.3 is 82.1 Å². The number of carbonyl (C=O) groups excluding carboxylic acids is 12. The Morgan fingerprint density at radius 2 is 0.712 bits per heavy atom. The zero-order valence-electron chi connectivity index (χ0n) is 72.5. The highest BCUT2D eigenvalue weighted by molar-refractivity contribution is 6.17. The van der Waals surface area contributed by atoms with Crippen molar-refractivity contribution in [1.82, 2.24) is 20.0 Å². The molecule has 3 unspecified atom stereocenters. The van der Waals surface area contributed by atoms with Crippen LogP contribution in [0.25, 0.3) is 0 Å². The first kappa shape index (κ1) is 107. The van der Waals surface area contributed by atoms with E-state index in [0.29, 0.717) is 6.42 Å². The summed E-state index contributed by atoms with van der Waals surface area (Å²) in [6, 6.07) is 15.8. The number of alkyl halides is 1. The molecule has 0 aliphatic carbocycles. The van der Waals surface area contributed by atoms with E-state index in [1.165, 1.54) is 136 Å². The van der Waals surface area contributed by atoms with Gasteiger partial charge in [-0.25, -0.2) is 47.9 Å². The van der Waals surface area contributed by atoms with E-state index in [4.69, 9.17) is 88.4 Å². The Morgan fingerprint density at radius 3 is 0.968 bits per heavy atom. The summed E-state index contributed by atoms with van der Waals surface area (Å²) in [5, 5.41) is 37.1. The molecule has 0 radical (unpaired) electrons. The van der Waals surface area contributed by atoms with Crippen molar-refractivity contribution in [2.24, 2.45) is 5.73 Å². The second kappa shape index (κ2) is 51.6. The van der Waals surface area contributed by atoms with Gasteiger partial charge in [0.25, 0.3) is 17.1 Å². The highest BCUT2D eigenvalue weighted by atomic mass is 35.5. The fraction of sp³-hybridized carbons (Fsp3) is 0.488. The minimum atomic E-state index is -1.23. The summed E-state index contributed by atoms with van der Waals surface area (Å²) in [5.74, 6) is -10.1. The second-order valence-corrected chi connectivity index (χ2v) is 28.9. The maximum atomic E-state index is 13.6. The number of allylic oxidation sites excluding steroid dienone is 6. The normalized spacial score (nSPS) is 15.1. The van der Waals surface area contributed by atoms with Crippen molar-refractivity contribution in [3.63, 3.8) is 0 Å². The third-order valence-corrected chi connectivity index (χ3v) is 17.7. The number of nitro benzene ring substituents is 3. The number of nitrogens with one attached hydrogen (secondary N) is 1. The number of nitro groups is 3. The van der Waals surface area contributed by atoms with Gasteiger partial charge in [-0.05, 0) is 140 Å². The van der Waals surface area contributed by atoms with Gasteiger partial charge in [0.15, 0.2) is 6.07 Å². The number of amides is 4. The largest absolute Gasteiger partial charge is 0.460 e. The molecule has 0 bridgehead atoms. The number of alkyl carbamates (subject to hydrolysis) is 1. The Balaban J connectivity index is 0.000000488. The molecule has 6 rings (SSSR count). The van der Waals surface area contributed by atoms with Gasteiger partial charge in [-0.2, -0.15) is 0 Å². The van der Waals surface area contributed by atoms with E-state index in [2.05, 4.69) is 5.32 Å². The van der Waals surface area contributed by atoms with E-state index in [1.54, 1.807) is 62.3 Å². The van der Waals surface area contributed by atoms with E-state index >= 15 is 0 Å². The lowest BCUT2D eigenvalue weighted by Crippen LogP contribution is -2.39. The summed E-state index contributed by atoms with van der Waals surface area (Å²) in [6.45, 7) is 22.2. The number of methoxy groups -OCH3 is 3. The van der Waals surface area contributed by atoms with Crippen LogP contribution in [-0.2, 0) is 109 Å². The van der Waals surface area contributed by atoms with Gasteiger partial charge in [-0.3, -0.25) is 54.6 Å². The smallest absolute Gasteiger partial charge is 0.421 e. The van der Waals surface area contributed by atoms with Crippen molar-refractivity contribution in [3.8, 4) is 0 Å². The number of hydrogen-bond acceptors (Lipinski definition) is 34. The molecule has 0 spiro atoms. The summed E-state index contributed by atoms with van der Waals surface area (Å²) < 4.78 is 77.5. The Hall–Kier alpha value is -12.4. The van der Waals surface area contributed by atoms with Gasteiger partial charge in [-0.1, -0.05) is 48.0 Å². The van der Waals surface area contributed by atoms with Gasteiger partial charge >= 0.3 is 72.1 Å². The predicted molar refractivity (Wildman–Crippen MR) is 443 cm³/mol. The molecular formula is C82H106Cl2N8O33. The molecule has 0 saturated carbocycles. The van der Waals surface area contributed by atoms with E-state index in [-0.39, 0.29) is 186 Å². The van der Waals surface area contributed by atoms with Crippen LogP contribution in [0, 0.1) is 30.3 Å². The standard InChI is InChI=1S/C32H43N3O13.C27H35N3O11.C23H27ClN2O9.ClH/c1-19(2)47-29(38)26-21(4)34(31(40)46-18-45-24(36)13-10-14-33-30(39)48-32(5,6)7)20(3)25(28(37)44-16-15-43-8)27(26)22-11-9-12-23(17-22)35(41)42;1-16(2)41-26(33)23-18(4)29(27(34)40-15-39-21(31)10-7-11-28)17(3)22(25(32)38-13-12-37-5)24(23)19-8-6-9-20(14-19)30(35)36;1-13(2)35-22(28)19-15(4)25(23(29)34-12-24)14(3)18(21(27)33-10-9-32-5)20(19)16-7-6-8-17(11-16)26(30)31;/h9,11-12,17,19,27H,10,13-16,18H2,1-8H3,(H,33,39);6,8-9,14,16,24H,7,10-13,15,28H2,1-5H3;6-8,11,13,20H,9-10,12H2,1-5H3;1H. The first-order chi connectivity index (χ1) is 58.5. The van der Waals surface area contributed by atoms with Gasteiger partial charge in [0.1, 0.15) is 25.4 Å². The number of nitrogens with two attached hydrogens (primary N) is 1. The second-order valence-electron chi connectivity index (χ2n) is 28.6. The lowest BCUT2D eigenvalue weighted by atomic mass is 9.79. The molecule has 3 aliphatic rings. The maximum absolute atomic E-state index is 13.6. The minimum absolute atomic E-state index is 0. The van der Waals surface area contributed by atoms with Crippen LogP contribution in [0.4, 0.5) is 36.2 Å². The molecule has 41 nitrogen and oxygen atoms in total. The molecule has 3 aromatic rings. The van der Waals surface area contributed by atoms with Crippen LogP contribution < -0.4 is 11.1 Å². The van der Waals surface area contributed by atoms with E-state index < -0.39 is 148 Å². The number of benzene rings is 3. The molecule has 0 fully saturated rings. The molecule has 0 saturated heterocycles.